The Morgan fingerprint density at radius 2 is 2.00 bits per heavy atom. The first-order chi connectivity index (χ1) is 7.97. The molecule has 0 spiro atoms. The molecule has 0 unspecified atom stereocenters. The van der Waals surface area contributed by atoms with Crippen molar-refractivity contribution in [3.05, 3.63) is 39.4 Å². The minimum absolute atomic E-state index is 0.185. The summed E-state index contributed by atoms with van der Waals surface area (Å²) in [6.45, 7) is 0. The van der Waals surface area contributed by atoms with Gasteiger partial charge in [0.15, 0.2) is 11.6 Å². The van der Waals surface area contributed by atoms with Gasteiger partial charge in [0, 0.05) is 11.1 Å². The van der Waals surface area contributed by atoms with Crippen LogP contribution in [0.3, 0.4) is 0 Å². The Labute approximate surface area is 96.8 Å². The summed E-state index contributed by atoms with van der Waals surface area (Å²) < 4.78 is 26.1. The minimum Gasteiger partial charge on any atom is -0.314 e. The average Bonchev–Trinajstić information content (AvgIpc) is 3.03. The van der Waals surface area contributed by atoms with Crippen LogP contribution >= 0.6 is 0 Å². The van der Waals surface area contributed by atoms with Crippen LogP contribution in [0.15, 0.2) is 12.1 Å². The number of rotatable bonds is 4. The van der Waals surface area contributed by atoms with Crippen LogP contribution in [0.25, 0.3) is 0 Å². The first-order valence-electron chi connectivity index (χ1n) is 5.29. The molecule has 2 rings (SSSR count). The molecule has 1 N–H and O–H groups in total. The zero-order valence-electron chi connectivity index (χ0n) is 9.30. The summed E-state index contributed by atoms with van der Waals surface area (Å²) in [5.74, 6) is -2.23. The molecule has 1 aromatic rings. The van der Waals surface area contributed by atoms with Gasteiger partial charge in [-0.1, -0.05) is 0 Å². The highest BCUT2D eigenvalue weighted by molar-refractivity contribution is 5.42. The number of hydrogen-bond acceptors (Lipinski definition) is 3. The summed E-state index contributed by atoms with van der Waals surface area (Å²) in [4.78, 5) is 10.1. The van der Waals surface area contributed by atoms with E-state index in [0.29, 0.717) is 12.5 Å². The summed E-state index contributed by atoms with van der Waals surface area (Å²) in [6.07, 6.45) is 2.12. The Hall–Kier alpha value is -1.56. The Balaban J connectivity index is 2.37. The van der Waals surface area contributed by atoms with Gasteiger partial charge >= 0.3 is 0 Å². The molecule has 1 aromatic carbocycles. The fourth-order valence-electron chi connectivity index (χ4n) is 1.92. The third-order valence-electron chi connectivity index (χ3n) is 3.23. The molecule has 1 aliphatic rings. The lowest BCUT2D eigenvalue weighted by Gasteiger charge is -2.14. The van der Waals surface area contributed by atoms with Crippen molar-refractivity contribution in [2.24, 2.45) is 0 Å². The highest BCUT2D eigenvalue weighted by Crippen LogP contribution is 2.40. The third kappa shape index (κ3) is 2.26. The van der Waals surface area contributed by atoms with Gasteiger partial charge in [0.05, 0.1) is 11.0 Å². The zero-order chi connectivity index (χ0) is 12.6. The number of halogens is 2. The quantitative estimate of drug-likeness (QED) is 0.650. The number of nitro groups is 1. The van der Waals surface area contributed by atoms with Crippen molar-refractivity contribution in [2.45, 2.75) is 24.8 Å². The molecule has 6 heteroatoms. The lowest BCUT2D eigenvalue weighted by molar-refractivity contribution is -0.385. The van der Waals surface area contributed by atoms with Crippen LogP contribution in [-0.2, 0) is 6.42 Å². The second-order valence-corrected chi connectivity index (χ2v) is 4.36. The average molecular weight is 242 g/mol. The molecule has 0 aliphatic heterocycles. The van der Waals surface area contributed by atoms with Crippen LogP contribution in [0.1, 0.15) is 18.4 Å². The van der Waals surface area contributed by atoms with E-state index in [2.05, 4.69) is 5.32 Å². The van der Waals surface area contributed by atoms with Crippen molar-refractivity contribution in [1.82, 2.24) is 5.32 Å². The molecule has 1 aliphatic carbocycles. The van der Waals surface area contributed by atoms with Crippen molar-refractivity contribution >= 4 is 5.69 Å². The fourth-order valence-corrected chi connectivity index (χ4v) is 1.92. The summed E-state index contributed by atoms with van der Waals surface area (Å²) in [5, 5.41) is 13.8. The van der Waals surface area contributed by atoms with Gasteiger partial charge in [-0.2, -0.15) is 0 Å². The molecular formula is C11H12F2N2O2. The molecule has 0 radical (unpaired) electrons. The van der Waals surface area contributed by atoms with Gasteiger partial charge in [-0.05, 0) is 32.4 Å². The van der Waals surface area contributed by atoms with Gasteiger partial charge in [-0.15, -0.1) is 0 Å². The highest BCUT2D eigenvalue weighted by Gasteiger charge is 2.42. The van der Waals surface area contributed by atoms with Crippen LogP contribution in [-0.4, -0.2) is 17.5 Å². The normalized spacial score (nSPS) is 16.9. The lowest BCUT2D eigenvalue weighted by Crippen LogP contribution is -2.29. The second kappa shape index (κ2) is 4.03. The van der Waals surface area contributed by atoms with Crippen molar-refractivity contribution in [1.29, 1.82) is 0 Å². The molecule has 0 saturated heterocycles. The van der Waals surface area contributed by atoms with Crippen LogP contribution in [0.4, 0.5) is 14.5 Å². The second-order valence-electron chi connectivity index (χ2n) is 4.36. The predicted molar refractivity (Wildman–Crippen MR) is 57.7 cm³/mol. The number of nitrogens with zero attached hydrogens (tertiary/aromatic N) is 1. The molecule has 0 atom stereocenters. The van der Waals surface area contributed by atoms with Crippen molar-refractivity contribution in [3.63, 3.8) is 0 Å². The summed E-state index contributed by atoms with van der Waals surface area (Å²) in [7, 11) is 1.76. The van der Waals surface area contributed by atoms with E-state index in [4.69, 9.17) is 0 Å². The molecule has 0 heterocycles. The Kier molecular flexibility index (Phi) is 2.82. The summed E-state index contributed by atoms with van der Waals surface area (Å²) in [6, 6.07) is 1.57. The first kappa shape index (κ1) is 11.9. The predicted octanol–water partition coefficient (Wildman–Crippen LogP) is 2.17. The van der Waals surface area contributed by atoms with Crippen LogP contribution < -0.4 is 5.32 Å². The molecular weight excluding hydrogens is 230 g/mol. The lowest BCUT2D eigenvalue weighted by atomic mass is 10.0. The van der Waals surface area contributed by atoms with Crippen molar-refractivity contribution in [2.75, 3.05) is 7.05 Å². The van der Waals surface area contributed by atoms with E-state index in [1.54, 1.807) is 7.05 Å². The van der Waals surface area contributed by atoms with E-state index >= 15 is 0 Å². The van der Waals surface area contributed by atoms with E-state index in [-0.39, 0.29) is 16.8 Å². The van der Waals surface area contributed by atoms with Gasteiger partial charge in [-0.25, -0.2) is 8.78 Å². The molecule has 92 valence electrons. The van der Waals surface area contributed by atoms with E-state index in [9.17, 15) is 18.9 Å². The molecule has 0 aromatic heterocycles. The molecule has 1 fully saturated rings. The van der Waals surface area contributed by atoms with E-state index < -0.39 is 16.6 Å². The van der Waals surface area contributed by atoms with Crippen LogP contribution in [0, 0.1) is 21.7 Å². The van der Waals surface area contributed by atoms with Gasteiger partial charge in [0.25, 0.3) is 5.69 Å². The Morgan fingerprint density at radius 3 is 2.47 bits per heavy atom. The third-order valence-corrected chi connectivity index (χ3v) is 3.23. The molecule has 1 saturated carbocycles. The molecule has 0 bridgehead atoms. The molecule has 0 amide bonds. The summed E-state index contributed by atoms with van der Waals surface area (Å²) in [5.41, 5.74) is -0.305. The first-order valence-corrected chi connectivity index (χ1v) is 5.29. The van der Waals surface area contributed by atoms with Gasteiger partial charge < -0.3 is 5.32 Å². The summed E-state index contributed by atoms with van der Waals surface area (Å²) >= 11 is 0. The standard InChI is InChI=1S/C11H12F2N2O2/c1-14-11(2-3-11)6-7-4-8(12)9(13)5-10(7)15(16)17/h4-5,14H,2-3,6H2,1H3. The SMILES string of the molecule is CNC1(Cc2cc(F)c(F)cc2[N+](=O)[O-])CC1. The highest BCUT2D eigenvalue weighted by atomic mass is 19.2. The van der Waals surface area contributed by atoms with Crippen molar-refractivity contribution < 1.29 is 13.7 Å². The number of benzene rings is 1. The van der Waals surface area contributed by atoms with E-state index in [0.717, 1.165) is 18.9 Å². The Bertz CT molecular complexity index is 473. The zero-order valence-corrected chi connectivity index (χ0v) is 9.30. The minimum atomic E-state index is -1.19. The van der Waals surface area contributed by atoms with E-state index in [1.807, 2.05) is 0 Å². The number of likely N-dealkylation sites (N-methyl/N-ethyl adjacent to an activating group) is 1. The largest absolute Gasteiger partial charge is 0.314 e. The smallest absolute Gasteiger partial charge is 0.275 e. The maximum atomic E-state index is 13.1. The molecule has 4 nitrogen and oxygen atoms in total. The van der Waals surface area contributed by atoms with Crippen LogP contribution in [0.2, 0.25) is 0 Å². The van der Waals surface area contributed by atoms with Gasteiger partial charge in [0.1, 0.15) is 0 Å². The number of nitrogens with one attached hydrogen (secondary N) is 1. The number of hydrogen-bond donors (Lipinski definition) is 1. The molecule has 17 heavy (non-hydrogen) atoms. The van der Waals surface area contributed by atoms with Crippen LogP contribution in [0.5, 0.6) is 0 Å². The van der Waals surface area contributed by atoms with Gasteiger partial charge in [0.2, 0.25) is 0 Å². The van der Waals surface area contributed by atoms with Gasteiger partial charge in [-0.3, -0.25) is 10.1 Å². The maximum absolute atomic E-state index is 13.1. The monoisotopic (exact) mass is 242 g/mol. The van der Waals surface area contributed by atoms with E-state index in [1.165, 1.54) is 0 Å². The topological polar surface area (TPSA) is 55.2 Å². The number of nitro benzene ring substituents is 1. The fraction of sp³-hybridized carbons (Fsp3) is 0.455. The van der Waals surface area contributed by atoms with Crippen molar-refractivity contribution in [3.8, 4) is 0 Å². The Morgan fingerprint density at radius 1 is 1.41 bits per heavy atom. The maximum Gasteiger partial charge on any atom is 0.275 e.